The number of sulfonamides is 1. The molecule has 0 aliphatic carbocycles. The first-order valence-electron chi connectivity index (χ1n) is 11.8. The zero-order valence-electron chi connectivity index (χ0n) is 20.5. The van der Waals surface area contributed by atoms with E-state index in [0.717, 1.165) is 21.5 Å². The summed E-state index contributed by atoms with van der Waals surface area (Å²) < 4.78 is 41.1. The molecule has 40 heavy (non-hydrogen) atoms. The smallest absolute Gasteiger partial charge is 0.329 e. The lowest BCUT2D eigenvalue weighted by atomic mass is 10.1. The minimum atomic E-state index is -4.07. The Balaban J connectivity index is 1.30. The number of aromatic nitrogens is 2. The minimum absolute atomic E-state index is 0.0669. The number of nitrogens with zero attached hydrogens (tertiary/aromatic N) is 1. The second-order valence-electron chi connectivity index (χ2n) is 8.75. The van der Waals surface area contributed by atoms with E-state index in [4.69, 9.17) is 11.6 Å². The summed E-state index contributed by atoms with van der Waals surface area (Å²) in [6.07, 6.45) is 0. The molecular weight excluding hydrogens is 579 g/mol. The molecule has 9 nitrogen and oxygen atoms in total. The Morgan fingerprint density at radius 1 is 0.950 bits per heavy atom. The van der Waals surface area contributed by atoms with E-state index in [2.05, 4.69) is 10.3 Å². The van der Waals surface area contributed by atoms with Gasteiger partial charge in [0.15, 0.2) is 0 Å². The van der Waals surface area contributed by atoms with E-state index in [0.29, 0.717) is 28.7 Å². The summed E-state index contributed by atoms with van der Waals surface area (Å²) in [6, 6.07) is 19.6. The van der Waals surface area contributed by atoms with Gasteiger partial charge in [-0.15, -0.1) is 11.3 Å². The van der Waals surface area contributed by atoms with Crippen LogP contribution in [0.15, 0.2) is 92.7 Å². The summed E-state index contributed by atoms with van der Waals surface area (Å²) >= 11 is 6.61. The highest BCUT2D eigenvalue weighted by atomic mass is 35.5. The molecule has 0 aliphatic heterocycles. The van der Waals surface area contributed by atoms with Crippen LogP contribution < -0.4 is 21.3 Å². The lowest BCUT2D eigenvalue weighted by molar-refractivity contribution is 0.0981. The molecule has 0 saturated carbocycles. The second kappa shape index (κ2) is 11.1. The molecule has 0 fully saturated rings. The van der Waals surface area contributed by atoms with E-state index in [-0.39, 0.29) is 26.5 Å². The van der Waals surface area contributed by atoms with Crippen molar-refractivity contribution in [2.45, 2.75) is 17.3 Å². The highest BCUT2D eigenvalue weighted by Crippen LogP contribution is 2.25. The van der Waals surface area contributed by atoms with Crippen molar-refractivity contribution in [3.05, 3.63) is 127 Å². The van der Waals surface area contributed by atoms with Gasteiger partial charge in [-0.25, -0.2) is 22.3 Å². The quantitative estimate of drug-likeness (QED) is 0.244. The van der Waals surface area contributed by atoms with Gasteiger partial charge in [0.1, 0.15) is 10.0 Å². The average molecular weight is 599 g/mol. The van der Waals surface area contributed by atoms with E-state index in [1.165, 1.54) is 48.5 Å². The first-order chi connectivity index (χ1) is 19.1. The molecule has 3 N–H and O–H groups in total. The Hall–Kier alpha value is -4.26. The van der Waals surface area contributed by atoms with Crippen LogP contribution in [-0.4, -0.2) is 23.9 Å². The monoisotopic (exact) mass is 598 g/mol. The summed E-state index contributed by atoms with van der Waals surface area (Å²) in [5.41, 5.74) is 1.41. The van der Waals surface area contributed by atoms with Crippen molar-refractivity contribution in [3.63, 3.8) is 0 Å². The largest absolute Gasteiger partial charge is 0.381 e. The van der Waals surface area contributed by atoms with E-state index < -0.39 is 27.2 Å². The van der Waals surface area contributed by atoms with Gasteiger partial charge in [-0.1, -0.05) is 35.9 Å². The zero-order chi connectivity index (χ0) is 28.4. The van der Waals surface area contributed by atoms with Gasteiger partial charge < -0.3 is 10.3 Å². The van der Waals surface area contributed by atoms with Gasteiger partial charge in [-0.3, -0.25) is 14.2 Å². The Morgan fingerprint density at radius 3 is 2.33 bits per heavy atom. The Kier molecular flexibility index (Phi) is 7.57. The van der Waals surface area contributed by atoms with Gasteiger partial charge in [-0.05, 0) is 65.7 Å². The van der Waals surface area contributed by atoms with Crippen molar-refractivity contribution >= 4 is 55.5 Å². The Morgan fingerprint density at radius 2 is 1.65 bits per heavy atom. The molecule has 5 aromatic rings. The number of hydrogen-bond acceptors (Lipinski definition) is 7. The maximum atomic E-state index is 13.1. The van der Waals surface area contributed by atoms with Gasteiger partial charge >= 0.3 is 5.69 Å². The molecule has 0 radical (unpaired) electrons. The third-order valence-corrected chi connectivity index (χ3v) is 9.04. The van der Waals surface area contributed by atoms with Crippen LogP contribution >= 0.6 is 22.9 Å². The molecule has 0 saturated heterocycles. The van der Waals surface area contributed by atoms with E-state index in [1.807, 2.05) is 4.72 Å². The van der Waals surface area contributed by atoms with Gasteiger partial charge in [0.05, 0.1) is 21.8 Å². The Labute approximate surface area is 235 Å². The van der Waals surface area contributed by atoms with E-state index in [1.54, 1.807) is 30.3 Å². The number of carbonyl (C=O) groups is 1. The van der Waals surface area contributed by atoms with Crippen molar-refractivity contribution in [3.8, 4) is 0 Å². The zero-order valence-corrected chi connectivity index (χ0v) is 22.9. The van der Waals surface area contributed by atoms with Gasteiger partial charge in [0.25, 0.3) is 21.5 Å². The molecule has 13 heteroatoms. The van der Waals surface area contributed by atoms with Crippen LogP contribution in [0.5, 0.6) is 0 Å². The first-order valence-corrected chi connectivity index (χ1v) is 14.4. The standard InChI is InChI=1S/C27H20ClFN4O5S2/c28-23-11-12-24(39-23)40(37,38)32-25(34)18-5-1-17(2-6-18)15-33-26(35)21-10-9-20(13-22(21)31-27(33)36)30-14-16-3-7-19(29)8-4-16/h1-13,30H,14-15H2,(H,31,36)(H,32,34). The number of rotatable bonds is 8. The van der Waals surface area contributed by atoms with E-state index in [9.17, 15) is 27.2 Å². The van der Waals surface area contributed by atoms with Crippen LogP contribution in [-0.2, 0) is 23.1 Å². The van der Waals surface area contributed by atoms with Crippen molar-refractivity contribution < 1.29 is 17.6 Å². The summed E-state index contributed by atoms with van der Waals surface area (Å²) in [7, 11) is -4.07. The molecule has 2 heterocycles. The number of anilines is 1. The number of thiophene rings is 1. The number of aromatic amines is 1. The molecule has 0 aliphatic rings. The number of amides is 1. The van der Waals surface area contributed by atoms with Gasteiger partial charge in [-0.2, -0.15) is 0 Å². The number of H-pyrrole nitrogens is 1. The van der Waals surface area contributed by atoms with Crippen LogP contribution in [0.1, 0.15) is 21.5 Å². The van der Waals surface area contributed by atoms with Crippen molar-refractivity contribution in [1.29, 1.82) is 0 Å². The number of nitrogens with one attached hydrogen (secondary N) is 3. The number of benzene rings is 3. The Bertz CT molecular complexity index is 1950. The maximum absolute atomic E-state index is 13.1. The van der Waals surface area contributed by atoms with E-state index >= 15 is 0 Å². The van der Waals surface area contributed by atoms with Crippen molar-refractivity contribution in [2.75, 3.05) is 5.32 Å². The first kappa shape index (κ1) is 27.3. The SMILES string of the molecule is O=C(NS(=O)(=O)c1ccc(Cl)s1)c1ccc(Cn2c(=O)[nH]c3cc(NCc4ccc(F)cc4)ccc3c2=O)cc1. The third kappa shape index (κ3) is 5.98. The summed E-state index contributed by atoms with van der Waals surface area (Å²) in [5, 5.41) is 3.48. The van der Waals surface area contributed by atoms with Crippen molar-refractivity contribution in [1.82, 2.24) is 14.3 Å². The predicted molar refractivity (Wildman–Crippen MR) is 152 cm³/mol. The summed E-state index contributed by atoms with van der Waals surface area (Å²) in [4.78, 5) is 41.1. The maximum Gasteiger partial charge on any atom is 0.329 e. The fourth-order valence-electron chi connectivity index (χ4n) is 3.93. The molecule has 0 unspecified atom stereocenters. The highest BCUT2D eigenvalue weighted by Gasteiger charge is 2.21. The molecular formula is C27H20ClFN4O5S2. The minimum Gasteiger partial charge on any atom is -0.381 e. The number of hydrogen-bond donors (Lipinski definition) is 3. The number of carbonyl (C=O) groups excluding carboxylic acids is 1. The molecule has 0 bridgehead atoms. The molecule has 204 valence electrons. The van der Waals surface area contributed by atoms with Gasteiger partial charge in [0, 0.05) is 17.8 Å². The predicted octanol–water partition coefficient (Wildman–Crippen LogP) is 4.32. The molecule has 1 amide bonds. The van der Waals surface area contributed by atoms with Crippen LogP contribution in [0.3, 0.4) is 0 Å². The van der Waals surface area contributed by atoms with Gasteiger partial charge in [0.2, 0.25) is 0 Å². The molecule has 5 rings (SSSR count). The number of fused-ring (bicyclic) bond motifs is 1. The second-order valence-corrected chi connectivity index (χ2v) is 12.4. The van der Waals surface area contributed by atoms with Crippen LogP contribution in [0.25, 0.3) is 10.9 Å². The summed E-state index contributed by atoms with van der Waals surface area (Å²) in [5.74, 6) is -1.16. The fraction of sp³-hybridized carbons (Fsp3) is 0.0741. The lowest BCUT2D eigenvalue weighted by Gasteiger charge is -2.10. The fourth-order valence-corrected chi connectivity index (χ4v) is 6.39. The van der Waals surface area contributed by atoms with Crippen LogP contribution in [0.4, 0.5) is 10.1 Å². The number of halogens is 2. The molecule has 0 spiro atoms. The average Bonchev–Trinajstić information content (AvgIpc) is 3.38. The van der Waals surface area contributed by atoms with Crippen LogP contribution in [0, 0.1) is 5.82 Å². The normalized spacial score (nSPS) is 11.4. The lowest BCUT2D eigenvalue weighted by Crippen LogP contribution is -2.35. The van der Waals surface area contributed by atoms with Crippen molar-refractivity contribution in [2.24, 2.45) is 0 Å². The third-order valence-electron chi connectivity index (χ3n) is 5.99. The highest BCUT2D eigenvalue weighted by molar-refractivity contribution is 7.92. The molecule has 3 aromatic carbocycles. The summed E-state index contributed by atoms with van der Waals surface area (Å²) in [6.45, 7) is 0.359. The molecule has 0 atom stereocenters. The molecule has 2 aromatic heterocycles. The van der Waals surface area contributed by atoms with Crippen LogP contribution in [0.2, 0.25) is 4.34 Å². The topological polar surface area (TPSA) is 130 Å².